The van der Waals surface area contributed by atoms with Crippen LogP contribution in [0.3, 0.4) is 0 Å². The molecule has 142 valence electrons. The zero-order valence-electron chi connectivity index (χ0n) is 15.2. The number of amides is 2. The Labute approximate surface area is 167 Å². The lowest BCUT2D eigenvalue weighted by atomic mass is 10.1. The van der Waals surface area contributed by atoms with E-state index >= 15 is 0 Å². The van der Waals surface area contributed by atoms with Crippen LogP contribution in [0.4, 0.5) is 5.00 Å². The molecule has 1 aliphatic rings. The van der Waals surface area contributed by atoms with Crippen molar-refractivity contribution in [1.82, 2.24) is 5.32 Å². The Morgan fingerprint density at radius 3 is 2.78 bits per heavy atom. The molecule has 4 N–H and O–H groups in total. The van der Waals surface area contributed by atoms with Gasteiger partial charge < -0.3 is 15.8 Å². The monoisotopic (exact) mass is 403 g/mol. The number of primary amides is 1. The van der Waals surface area contributed by atoms with Crippen molar-refractivity contribution >= 4 is 45.5 Å². The number of carbonyl (C=O) groups excluding carboxylic acids is 2. The molecule has 8 heteroatoms. The highest BCUT2D eigenvalue weighted by Crippen LogP contribution is 2.38. The van der Waals surface area contributed by atoms with Crippen molar-refractivity contribution in [3.05, 3.63) is 45.3 Å². The minimum absolute atomic E-state index is 0.117. The van der Waals surface area contributed by atoms with Gasteiger partial charge in [0, 0.05) is 4.88 Å². The predicted octanol–water partition coefficient (Wildman–Crippen LogP) is 2.84. The molecule has 0 atom stereocenters. The summed E-state index contributed by atoms with van der Waals surface area (Å²) in [6, 6.07) is 5.75. The van der Waals surface area contributed by atoms with Gasteiger partial charge in [-0.3, -0.25) is 14.9 Å². The number of carbonyl (C=O) groups is 2. The van der Waals surface area contributed by atoms with Crippen molar-refractivity contribution < 1.29 is 14.3 Å². The maximum Gasteiger partial charge on any atom is 0.264 e. The SMILES string of the molecule is Cc1ccc(OCC(=O)NC(=S)Nc2sc3c(c2C(N)=O)CCC3)c(C)c1. The Hall–Kier alpha value is -2.45. The molecule has 0 radical (unpaired) electrons. The second-order valence-corrected chi connectivity index (χ2v) is 8.00. The van der Waals surface area contributed by atoms with Crippen LogP contribution in [0.15, 0.2) is 18.2 Å². The number of fused-ring (bicyclic) bond motifs is 1. The Bertz CT molecular complexity index is 921. The first-order chi connectivity index (χ1) is 12.8. The van der Waals surface area contributed by atoms with Crippen LogP contribution in [0.5, 0.6) is 5.75 Å². The van der Waals surface area contributed by atoms with E-state index in [1.54, 1.807) is 0 Å². The molecule has 1 heterocycles. The smallest absolute Gasteiger partial charge is 0.264 e. The molecule has 0 saturated carbocycles. The summed E-state index contributed by atoms with van der Waals surface area (Å²) < 4.78 is 5.55. The van der Waals surface area contributed by atoms with Crippen molar-refractivity contribution in [3.63, 3.8) is 0 Å². The van der Waals surface area contributed by atoms with E-state index in [2.05, 4.69) is 10.6 Å². The average molecular weight is 404 g/mol. The highest BCUT2D eigenvalue weighted by molar-refractivity contribution is 7.80. The van der Waals surface area contributed by atoms with Gasteiger partial charge in [-0.2, -0.15) is 0 Å². The van der Waals surface area contributed by atoms with Gasteiger partial charge in [0.1, 0.15) is 10.8 Å². The first-order valence-corrected chi connectivity index (χ1v) is 9.83. The van der Waals surface area contributed by atoms with Crippen LogP contribution in [0.2, 0.25) is 0 Å². The molecule has 27 heavy (non-hydrogen) atoms. The first-order valence-electron chi connectivity index (χ1n) is 8.60. The van der Waals surface area contributed by atoms with E-state index in [1.807, 2.05) is 32.0 Å². The second kappa shape index (κ2) is 8.06. The fourth-order valence-corrected chi connectivity index (χ4v) is 4.73. The lowest BCUT2D eigenvalue weighted by Crippen LogP contribution is -2.37. The van der Waals surface area contributed by atoms with Gasteiger partial charge in [-0.25, -0.2) is 0 Å². The number of rotatable bonds is 5. The standard InChI is InChI=1S/C19H21N3O3S2/c1-10-6-7-13(11(2)8-10)25-9-15(23)21-19(26)22-18-16(17(20)24)12-4-3-5-14(12)27-18/h6-8H,3-5,9H2,1-2H3,(H2,20,24)(H2,21,22,23,26). The number of ether oxygens (including phenoxy) is 1. The van der Waals surface area contributed by atoms with E-state index in [1.165, 1.54) is 11.3 Å². The number of nitrogens with two attached hydrogens (primary N) is 1. The van der Waals surface area contributed by atoms with E-state index in [4.69, 9.17) is 22.7 Å². The molecule has 0 bridgehead atoms. The number of thiocarbonyl (C=S) groups is 1. The van der Waals surface area contributed by atoms with Crippen LogP contribution in [0.25, 0.3) is 0 Å². The summed E-state index contributed by atoms with van der Waals surface area (Å²) in [5.41, 5.74) is 9.10. The normalized spacial score (nSPS) is 12.4. The van der Waals surface area contributed by atoms with E-state index < -0.39 is 5.91 Å². The van der Waals surface area contributed by atoms with Gasteiger partial charge in [0.25, 0.3) is 11.8 Å². The molecule has 3 rings (SSSR count). The highest BCUT2D eigenvalue weighted by Gasteiger charge is 2.25. The highest BCUT2D eigenvalue weighted by atomic mass is 32.1. The molecule has 1 aromatic carbocycles. The third kappa shape index (κ3) is 4.45. The van der Waals surface area contributed by atoms with Gasteiger partial charge in [-0.1, -0.05) is 17.7 Å². The van der Waals surface area contributed by atoms with Crippen LogP contribution in [-0.2, 0) is 17.6 Å². The number of benzene rings is 1. The Balaban J connectivity index is 1.58. The molecule has 1 aromatic heterocycles. The van der Waals surface area contributed by atoms with Crippen molar-refractivity contribution in [1.29, 1.82) is 0 Å². The van der Waals surface area contributed by atoms with E-state index in [-0.39, 0.29) is 17.6 Å². The number of hydrogen-bond acceptors (Lipinski definition) is 5. The molecular weight excluding hydrogens is 382 g/mol. The third-order valence-electron chi connectivity index (χ3n) is 4.34. The van der Waals surface area contributed by atoms with Crippen LogP contribution in [-0.4, -0.2) is 23.5 Å². The largest absolute Gasteiger partial charge is 0.483 e. The second-order valence-electron chi connectivity index (χ2n) is 6.49. The summed E-state index contributed by atoms with van der Waals surface area (Å²) in [7, 11) is 0. The molecule has 2 aromatic rings. The first kappa shape index (κ1) is 19.3. The van der Waals surface area contributed by atoms with Crippen LogP contribution in [0, 0.1) is 13.8 Å². The van der Waals surface area contributed by atoms with Gasteiger partial charge in [0.15, 0.2) is 11.7 Å². The van der Waals surface area contributed by atoms with Gasteiger partial charge in [0.05, 0.1) is 5.56 Å². The maximum absolute atomic E-state index is 12.1. The molecule has 6 nitrogen and oxygen atoms in total. The fourth-order valence-electron chi connectivity index (χ4n) is 3.15. The van der Waals surface area contributed by atoms with E-state index in [9.17, 15) is 9.59 Å². The predicted molar refractivity (Wildman–Crippen MR) is 111 cm³/mol. The number of aryl methyl sites for hydroxylation is 3. The quantitative estimate of drug-likeness (QED) is 0.668. The molecule has 0 spiro atoms. The zero-order chi connectivity index (χ0) is 19.6. The van der Waals surface area contributed by atoms with E-state index in [0.29, 0.717) is 16.3 Å². The summed E-state index contributed by atoms with van der Waals surface area (Å²) >= 11 is 6.66. The van der Waals surface area contributed by atoms with Crippen LogP contribution in [0.1, 0.15) is 38.3 Å². The number of hydrogen-bond donors (Lipinski definition) is 3. The van der Waals surface area contributed by atoms with Crippen molar-refractivity contribution in [3.8, 4) is 5.75 Å². The molecule has 0 aliphatic heterocycles. The van der Waals surface area contributed by atoms with Gasteiger partial charge in [0.2, 0.25) is 0 Å². The summed E-state index contributed by atoms with van der Waals surface area (Å²) in [5, 5.41) is 6.21. The van der Waals surface area contributed by atoms with Crippen LogP contribution >= 0.6 is 23.6 Å². The Kier molecular flexibility index (Phi) is 5.76. The number of thiophene rings is 1. The maximum atomic E-state index is 12.1. The van der Waals surface area contributed by atoms with Gasteiger partial charge in [-0.15, -0.1) is 11.3 Å². The fraction of sp³-hybridized carbons (Fsp3) is 0.316. The van der Waals surface area contributed by atoms with Crippen molar-refractivity contribution in [2.24, 2.45) is 5.73 Å². The van der Waals surface area contributed by atoms with Crippen LogP contribution < -0.4 is 21.1 Å². The molecule has 1 aliphatic carbocycles. The lowest BCUT2D eigenvalue weighted by Gasteiger charge is -2.12. The van der Waals surface area contributed by atoms with Gasteiger partial charge >= 0.3 is 0 Å². The Morgan fingerprint density at radius 2 is 2.07 bits per heavy atom. The molecule has 0 saturated heterocycles. The average Bonchev–Trinajstić information content (AvgIpc) is 3.13. The molecule has 2 amide bonds. The summed E-state index contributed by atoms with van der Waals surface area (Å²) in [6.07, 6.45) is 2.80. The lowest BCUT2D eigenvalue weighted by molar-refractivity contribution is -0.121. The molecular formula is C19H21N3O3S2. The van der Waals surface area contributed by atoms with E-state index in [0.717, 1.165) is 40.8 Å². The zero-order valence-corrected chi connectivity index (χ0v) is 16.8. The molecule has 0 unspecified atom stereocenters. The number of nitrogens with one attached hydrogen (secondary N) is 2. The number of anilines is 1. The summed E-state index contributed by atoms with van der Waals surface area (Å²) in [4.78, 5) is 25.1. The minimum Gasteiger partial charge on any atom is -0.483 e. The minimum atomic E-state index is -0.482. The van der Waals surface area contributed by atoms with Crippen molar-refractivity contribution in [2.45, 2.75) is 33.1 Å². The molecule has 0 fully saturated rings. The Morgan fingerprint density at radius 1 is 1.30 bits per heavy atom. The topological polar surface area (TPSA) is 93.4 Å². The van der Waals surface area contributed by atoms with Crippen molar-refractivity contribution in [2.75, 3.05) is 11.9 Å². The summed E-state index contributed by atoms with van der Waals surface area (Å²) in [5.74, 6) is -0.207. The van der Waals surface area contributed by atoms with Gasteiger partial charge in [-0.05, 0) is 62.5 Å². The third-order valence-corrected chi connectivity index (χ3v) is 5.75. The summed E-state index contributed by atoms with van der Waals surface area (Å²) in [6.45, 7) is 3.76.